The van der Waals surface area contributed by atoms with Crippen molar-refractivity contribution in [2.45, 2.75) is 17.4 Å². The summed E-state index contributed by atoms with van der Waals surface area (Å²) in [5.74, 6) is -4.63. The van der Waals surface area contributed by atoms with Crippen LogP contribution in [0.1, 0.15) is 27.4 Å². The SMILES string of the molecule is COc1cc(C(=O)O)ccc1NC(=O)[C@@H]1NC[C@](C#N)(c2ccc(Cl)cc2F)[C@H]1c1cccc(Cl)c1F. The molecular formula is C26H19Cl2F2N3O4. The third-order valence-electron chi connectivity index (χ3n) is 6.38. The molecule has 0 saturated carbocycles. The van der Waals surface area contributed by atoms with Crippen molar-refractivity contribution < 1.29 is 28.2 Å². The number of carboxylic acid groups (broad SMARTS) is 1. The van der Waals surface area contributed by atoms with Crippen LogP contribution in [0, 0.1) is 23.0 Å². The molecule has 7 nitrogen and oxygen atoms in total. The van der Waals surface area contributed by atoms with E-state index in [1.165, 1.54) is 55.6 Å². The molecule has 0 bridgehead atoms. The molecule has 0 aromatic heterocycles. The van der Waals surface area contributed by atoms with Gasteiger partial charge in [0.05, 0.1) is 35.5 Å². The lowest BCUT2D eigenvalue weighted by Gasteiger charge is -2.31. The molecule has 0 aliphatic carbocycles. The van der Waals surface area contributed by atoms with Gasteiger partial charge in [-0.1, -0.05) is 41.4 Å². The minimum Gasteiger partial charge on any atom is -0.495 e. The second kappa shape index (κ2) is 10.3. The number of hydrogen-bond acceptors (Lipinski definition) is 5. The highest BCUT2D eigenvalue weighted by Crippen LogP contribution is 2.47. The van der Waals surface area contributed by atoms with Gasteiger partial charge in [-0.15, -0.1) is 0 Å². The fraction of sp³-hybridized carbons (Fsp3) is 0.192. The number of nitriles is 1. The van der Waals surface area contributed by atoms with Crippen LogP contribution in [0.4, 0.5) is 14.5 Å². The van der Waals surface area contributed by atoms with Crippen LogP contribution in [0.5, 0.6) is 5.75 Å². The maximum atomic E-state index is 15.3. The number of aromatic carboxylic acids is 1. The smallest absolute Gasteiger partial charge is 0.335 e. The molecule has 1 amide bonds. The van der Waals surface area contributed by atoms with Gasteiger partial charge in [-0.25, -0.2) is 13.6 Å². The summed E-state index contributed by atoms with van der Waals surface area (Å²) < 4.78 is 35.7. The van der Waals surface area contributed by atoms with E-state index in [1.54, 1.807) is 0 Å². The quantitative estimate of drug-likeness (QED) is 0.395. The highest BCUT2D eigenvalue weighted by atomic mass is 35.5. The van der Waals surface area contributed by atoms with Gasteiger partial charge < -0.3 is 20.5 Å². The molecule has 37 heavy (non-hydrogen) atoms. The van der Waals surface area contributed by atoms with E-state index in [4.69, 9.17) is 27.9 Å². The Morgan fingerprint density at radius 1 is 1.19 bits per heavy atom. The molecule has 1 fully saturated rings. The maximum Gasteiger partial charge on any atom is 0.335 e. The molecule has 3 atom stereocenters. The van der Waals surface area contributed by atoms with Gasteiger partial charge in [0.2, 0.25) is 5.91 Å². The number of hydrogen-bond donors (Lipinski definition) is 3. The van der Waals surface area contributed by atoms with Crippen molar-refractivity contribution in [1.82, 2.24) is 5.32 Å². The molecule has 0 spiro atoms. The van der Waals surface area contributed by atoms with E-state index in [9.17, 15) is 20.0 Å². The summed E-state index contributed by atoms with van der Waals surface area (Å²) in [5, 5.41) is 25.0. The van der Waals surface area contributed by atoms with Crippen molar-refractivity contribution in [3.05, 3.63) is 93.0 Å². The lowest BCUT2D eigenvalue weighted by Crippen LogP contribution is -2.41. The van der Waals surface area contributed by atoms with Crippen LogP contribution in [0.2, 0.25) is 10.0 Å². The van der Waals surface area contributed by atoms with Gasteiger partial charge in [0.1, 0.15) is 22.8 Å². The Labute approximate surface area is 220 Å². The number of halogens is 4. The first-order chi connectivity index (χ1) is 17.6. The number of rotatable bonds is 6. The summed E-state index contributed by atoms with van der Waals surface area (Å²) in [5.41, 5.74) is -1.73. The molecule has 1 saturated heterocycles. The summed E-state index contributed by atoms with van der Waals surface area (Å²) in [4.78, 5) is 24.8. The Hall–Kier alpha value is -3.71. The molecular weight excluding hydrogens is 527 g/mol. The number of nitrogens with one attached hydrogen (secondary N) is 2. The summed E-state index contributed by atoms with van der Waals surface area (Å²) in [7, 11) is 1.30. The van der Waals surface area contributed by atoms with Crippen LogP contribution in [0.3, 0.4) is 0 Å². The van der Waals surface area contributed by atoms with Gasteiger partial charge in [0, 0.05) is 23.0 Å². The molecule has 190 valence electrons. The second-order valence-corrected chi connectivity index (χ2v) is 9.24. The van der Waals surface area contributed by atoms with E-state index in [0.29, 0.717) is 0 Å². The predicted molar refractivity (Wildman–Crippen MR) is 133 cm³/mol. The zero-order chi connectivity index (χ0) is 26.9. The summed E-state index contributed by atoms with van der Waals surface area (Å²) in [6.45, 7) is -0.189. The maximum absolute atomic E-state index is 15.3. The van der Waals surface area contributed by atoms with Gasteiger partial charge in [-0.2, -0.15) is 5.26 Å². The molecule has 1 aliphatic heterocycles. The van der Waals surface area contributed by atoms with Crippen LogP contribution in [-0.2, 0) is 10.2 Å². The van der Waals surface area contributed by atoms with Gasteiger partial charge in [0.25, 0.3) is 0 Å². The monoisotopic (exact) mass is 545 g/mol. The van der Waals surface area contributed by atoms with Crippen molar-refractivity contribution in [3.8, 4) is 11.8 Å². The molecule has 0 unspecified atom stereocenters. The number of carbonyl (C=O) groups excluding carboxylic acids is 1. The van der Waals surface area contributed by atoms with Gasteiger partial charge >= 0.3 is 5.97 Å². The number of methoxy groups -OCH3 is 1. The Bertz CT molecular complexity index is 1450. The molecule has 0 radical (unpaired) electrons. The molecule has 4 rings (SSSR count). The topological polar surface area (TPSA) is 111 Å². The van der Waals surface area contributed by atoms with Crippen molar-refractivity contribution in [2.24, 2.45) is 0 Å². The number of ether oxygens (including phenoxy) is 1. The average Bonchev–Trinajstić information content (AvgIpc) is 3.26. The second-order valence-electron chi connectivity index (χ2n) is 8.40. The summed E-state index contributed by atoms with van der Waals surface area (Å²) in [6.07, 6.45) is 0. The zero-order valence-corrected chi connectivity index (χ0v) is 20.7. The van der Waals surface area contributed by atoms with E-state index in [0.717, 1.165) is 6.07 Å². The molecule has 3 N–H and O–H groups in total. The minimum absolute atomic E-state index is 0.0539. The van der Waals surface area contributed by atoms with Crippen LogP contribution in [0.25, 0.3) is 0 Å². The van der Waals surface area contributed by atoms with E-state index in [2.05, 4.69) is 16.7 Å². The molecule has 1 aliphatic rings. The number of carboxylic acids is 1. The van der Waals surface area contributed by atoms with E-state index in [-0.39, 0.29) is 44.7 Å². The van der Waals surface area contributed by atoms with Crippen LogP contribution in [0.15, 0.2) is 54.6 Å². The fourth-order valence-electron chi connectivity index (χ4n) is 4.65. The van der Waals surface area contributed by atoms with Crippen LogP contribution < -0.4 is 15.4 Å². The number of amides is 1. The first kappa shape index (κ1) is 26.4. The number of benzene rings is 3. The summed E-state index contributed by atoms with van der Waals surface area (Å²) in [6, 6.07) is 12.7. The number of carbonyl (C=O) groups is 2. The number of anilines is 1. The largest absolute Gasteiger partial charge is 0.495 e. The summed E-state index contributed by atoms with van der Waals surface area (Å²) >= 11 is 11.9. The average molecular weight is 546 g/mol. The van der Waals surface area contributed by atoms with Gasteiger partial charge in [-0.05, 0) is 42.0 Å². The van der Waals surface area contributed by atoms with E-state index in [1.807, 2.05) is 0 Å². The van der Waals surface area contributed by atoms with Gasteiger partial charge in [-0.3, -0.25) is 4.79 Å². The standard InChI is InChI=1S/C26H19Cl2F2N3O4/c1-37-20-9-13(25(35)36)5-8-19(20)33-24(34)23-21(15-3-2-4-17(28)22(15)30)26(11-31,12-32-23)16-7-6-14(27)10-18(16)29/h2-10,21,23,32H,12H2,1H3,(H,33,34)(H,35,36)/t21-,23+,26+/m0/s1. The van der Waals surface area contributed by atoms with Crippen molar-refractivity contribution in [1.29, 1.82) is 5.26 Å². The molecule has 3 aromatic rings. The molecule has 11 heteroatoms. The Morgan fingerprint density at radius 2 is 1.95 bits per heavy atom. The minimum atomic E-state index is -1.71. The van der Waals surface area contributed by atoms with E-state index < -0.39 is 40.9 Å². The third kappa shape index (κ3) is 4.71. The zero-order valence-electron chi connectivity index (χ0n) is 19.2. The normalized spacial score (nSPS) is 20.8. The third-order valence-corrected chi connectivity index (χ3v) is 6.91. The van der Waals surface area contributed by atoms with Gasteiger partial charge in [0.15, 0.2) is 0 Å². The Balaban J connectivity index is 1.82. The Kier molecular flexibility index (Phi) is 7.37. The molecule has 1 heterocycles. The lowest BCUT2D eigenvalue weighted by atomic mass is 9.68. The highest BCUT2D eigenvalue weighted by molar-refractivity contribution is 6.31. The Morgan fingerprint density at radius 3 is 2.59 bits per heavy atom. The van der Waals surface area contributed by atoms with Crippen LogP contribution in [-0.4, -0.2) is 36.7 Å². The van der Waals surface area contributed by atoms with Crippen LogP contribution >= 0.6 is 23.2 Å². The van der Waals surface area contributed by atoms with Crippen molar-refractivity contribution in [3.63, 3.8) is 0 Å². The van der Waals surface area contributed by atoms with Crippen molar-refractivity contribution >= 4 is 40.8 Å². The predicted octanol–water partition coefficient (Wildman–Crippen LogP) is 5.13. The fourth-order valence-corrected chi connectivity index (χ4v) is 4.99. The van der Waals surface area contributed by atoms with E-state index >= 15 is 8.78 Å². The molecule has 3 aromatic carbocycles. The lowest BCUT2D eigenvalue weighted by molar-refractivity contribution is -0.118. The van der Waals surface area contributed by atoms with Crippen molar-refractivity contribution in [2.75, 3.05) is 19.0 Å². The first-order valence-corrected chi connectivity index (χ1v) is 11.6. The highest BCUT2D eigenvalue weighted by Gasteiger charge is 2.55. The first-order valence-electron chi connectivity index (χ1n) is 10.9. The number of nitrogens with zero attached hydrogens (tertiary/aromatic N) is 1.